The van der Waals surface area contributed by atoms with Gasteiger partial charge in [-0.25, -0.2) is 16.8 Å². The third kappa shape index (κ3) is 0.916. The van der Waals surface area contributed by atoms with E-state index in [4.69, 9.17) is 0 Å². The third-order valence-corrected chi connectivity index (χ3v) is 8.79. The predicted octanol–water partition coefficient (Wildman–Crippen LogP) is -0.518. The molecule has 2 saturated carbocycles. The monoisotopic (exact) mass is 238 g/mol. The molecule has 5 nitrogen and oxygen atoms in total. The van der Waals surface area contributed by atoms with Crippen molar-refractivity contribution in [1.29, 1.82) is 0 Å². The molecule has 14 heavy (non-hydrogen) atoms. The second-order valence-electron chi connectivity index (χ2n) is 3.91. The average molecular weight is 238 g/mol. The Morgan fingerprint density at radius 2 is 1.86 bits per heavy atom. The molecule has 2 atom stereocenters. The molecular weight excluding hydrogens is 228 g/mol. The van der Waals surface area contributed by atoms with Crippen LogP contribution in [0.25, 0.3) is 0 Å². The zero-order chi connectivity index (χ0) is 10.8. The Morgan fingerprint density at radius 1 is 1.29 bits per heavy atom. The van der Waals surface area contributed by atoms with E-state index in [2.05, 4.69) is 0 Å². The quantitative estimate of drug-likeness (QED) is 0.604. The molecular formula is C7H10O5S2. The van der Waals surface area contributed by atoms with Gasteiger partial charge in [0.15, 0.2) is 5.78 Å². The van der Waals surface area contributed by atoms with Gasteiger partial charge in [0.2, 0.25) is 0 Å². The minimum absolute atomic E-state index is 0.194. The standard InChI is InChI=1S/C7H10O5S2/c1-13(9,10)14(11,12)7-4-5(7)2-3-6(7)8/h5H,2-4H2,1H3/t5-,7-/m1/s1. The summed E-state index contributed by atoms with van der Waals surface area (Å²) in [5.41, 5.74) is 0. The predicted molar refractivity (Wildman–Crippen MR) is 48.8 cm³/mol. The maximum absolute atomic E-state index is 11.6. The number of Topliss-reactive ketones (excluding diaryl/α,β-unsaturated/α-hetero) is 1. The molecule has 80 valence electrons. The Balaban J connectivity index is 2.59. The van der Waals surface area contributed by atoms with E-state index in [0.717, 1.165) is 0 Å². The number of carbonyl (C=O) groups is 1. The smallest absolute Gasteiger partial charge is 0.266 e. The lowest BCUT2D eigenvalue weighted by atomic mass is 10.2. The van der Waals surface area contributed by atoms with Crippen molar-refractivity contribution in [3.8, 4) is 0 Å². The molecule has 0 spiro atoms. The van der Waals surface area contributed by atoms with Crippen LogP contribution in [0.3, 0.4) is 0 Å². The van der Waals surface area contributed by atoms with Gasteiger partial charge in [-0.3, -0.25) is 4.79 Å². The summed E-state index contributed by atoms with van der Waals surface area (Å²) in [6.45, 7) is 0. The van der Waals surface area contributed by atoms with Gasteiger partial charge in [0.05, 0.1) is 6.26 Å². The van der Waals surface area contributed by atoms with Gasteiger partial charge in [-0.15, -0.1) is 0 Å². The molecule has 2 aliphatic carbocycles. The van der Waals surface area contributed by atoms with E-state index < -0.39 is 28.3 Å². The molecule has 2 rings (SSSR count). The number of carbonyl (C=O) groups excluding carboxylic acids is 1. The summed E-state index contributed by atoms with van der Waals surface area (Å²) in [5, 5.41) is 0. The number of rotatable bonds is 2. The molecule has 0 aromatic heterocycles. The normalized spacial score (nSPS) is 36.9. The molecule has 2 fully saturated rings. The summed E-state index contributed by atoms with van der Waals surface area (Å²) in [6.07, 6.45) is 1.55. The first kappa shape index (κ1) is 10.1. The zero-order valence-electron chi connectivity index (χ0n) is 7.56. The van der Waals surface area contributed by atoms with Crippen LogP contribution in [0.15, 0.2) is 0 Å². The first-order valence-corrected chi connectivity index (χ1v) is 8.10. The summed E-state index contributed by atoms with van der Waals surface area (Å²) >= 11 is 0. The molecule has 0 unspecified atom stereocenters. The van der Waals surface area contributed by atoms with Crippen molar-refractivity contribution in [3.63, 3.8) is 0 Å². The number of ketones is 1. The minimum atomic E-state index is -4.33. The van der Waals surface area contributed by atoms with Crippen LogP contribution in [0.5, 0.6) is 0 Å². The van der Waals surface area contributed by atoms with Crippen molar-refractivity contribution in [2.24, 2.45) is 5.92 Å². The van der Waals surface area contributed by atoms with Gasteiger partial charge in [-0.2, -0.15) is 0 Å². The molecule has 0 amide bonds. The highest BCUT2D eigenvalue weighted by Crippen LogP contribution is 2.59. The number of fused-ring (bicyclic) bond motifs is 1. The average Bonchev–Trinajstić information content (AvgIpc) is 2.67. The van der Waals surface area contributed by atoms with Crippen LogP contribution in [-0.2, 0) is 22.5 Å². The number of hydrogen-bond donors (Lipinski definition) is 0. The summed E-state index contributed by atoms with van der Waals surface area (Å²) in [4.78, 5) is 11.4. The third-order valence-electron chi connectivity index (χ3n) is 3.09. The van der Waals surface area contributed by atoms with Crippen molar-refractivity contribution < 1.29 is 21.6 Å². The summed E-state index contributed by atoms with van der Waals surface area (Å²) in [6, 6.07) is 0. The summed E-state index contributed by atoms with van der Waals surface area (Å²) < 4.78 is 43.8. The van der Waals surface area contributed by atoms with Crippen LogP contribution < -0.4 is 0 Å². The maximum Gasteiger partial charge on any atom is 0.266 e. The highest BCUT2D eigenvalue weighted by Gasteiger charge is 2.73. The van der Waals surface area contributed by atoms with Crippen molar-refractivity contribution in [2.45, 2.75) is 24.0 Å². The minimum Gasteiger partial charge on any atom is -0.298 e. The topological polar surface area (TPSA) is 85.3 Å². The van der Waals surface area contributed by atoms with E-state index in [1.807, 2.05) is 0 Å². The first-order chi connectivity index (χ1) is 6.23. The van der Waals surface area contributed by atoms with E-state index in [1.54, 1.807) is 0 Å². The van der Waals surface area contributed by atoms with Crippen molar-refractivity contribution >= 4 is 23.5 Å². The van der Waals surface area contributed by atoms with Gasteiger partial charge in [-0.1, -0.05) is 0 Å². The Labute approximate surface area is 81.7 Å². The van der Waals surface area contributed by atoms with Crippen molar-refractivity contribution in [2.75, 3.05) is 6.26 Å². The molecule has 2 aliphatic rings. The van der Waals surface area contributed by atoms with Crippen LogP contribution >= 0.6 is 0 Å². The zero-order valence-corrected chi connectivity index (χ0v) is 9.19. The van der Waals surface area contributed by atoms with Gasteiger partial charge >= 0.3 is 0 Å². The fraction of sp³-hybridized carbons (Fsp3) is 0.857. The van der Waals surface area contributed by atoms with Crippen molar-refractivity contribution in [1.82, 2.24) is 0 Å². The Morgan fingerprint density at radius 3 is 2.14 bits per heavy atom. The van der Waals surface area contributed by atoms with Crippen LogP contribution in [0.2, 0.25) is 0 Å². The van der Waals surface area contributed by atoms with Gasteiger partial charge in [0, 0.05) is 6.42 Å². The van der Waals surface area contributed by atoms with Crippen LogP contribution in [0.1, 0.15) is 19.3 Å². The van der Waals surface area contributed by atoms with E-state index in [9.17, 15) is 21.6 Å². The SMILES string of the molecule is CS(=O)(=O)S(=O)(=O)[C@]12C[C@H]1CCC2=O. The summed E-state index contributed by atoms with van der Waals surface area (Å²) in [7, 11) is -8.51. The lowest BCUT2D eigenvalue weighted by Crippen LogP contribution is -2.35. The second-order valence-corrected chi connectivity index (χ2v) is 10.1. The van der Waals surface area contributed by atoms with Gasteiger partial charge < -0.3 is 0 Å². The Hall–Kier alpha value is -0.430. The molecule has 0 saturated heterocycles. The molecule has 0 aliphatic heterocycles. The molecule has 0 bridgehead atoms. The number of hydrogen-bond acceptors (Lipinski definition) is 5. The van der Waals surface area contributed by atoms with E-state index in [1.165, 1.54) is 0 Å². The highest BCUT2D eigenvalue weighted by molar-refractivity contribution is 8.67. The van der Waals surface area contributed by atoms with E-state index in [-0.39, 0.29) is 18.8 Å². The molecule has 0 heterocycles. The Bertz CT molecular complexity index is 500. The molecule has 0 aromatic rings. The highest BCUT2D eigenvalue weighted by atomic mass is 33.2. The fourth-order valence-corrected chi connectivity index (χ4v) is 6.58. The fourth-order valence-electron chi connectivity index (χ4n) is 2.22. The maximum atomic E-state index is 11.6. The Kier molecular flexibility index (Phi) is 1.72. The lowest BCUT2D eigenvalue weighted by Gasteiger charge is -2.09. The first-order valence-electron chi connectivity index (χ1n) is 4.21. The van der Waals surface area contributed by atoms with Crippen LogP contribution in [0, 0.1) is 5.92 Å². The van der Waals surface area contributed by atoms with Crippen LogP contribution in [-0.4, -0.2) is 33.6 Å². The lowest BCUT2D eigenvalue weighted by molar-refractivity contribution is -0.118. The molecule has 0 radical (unpaired) electrons. The molecule has 0 N–H and O–H groups in total. The molecule has 7 heteroatoms. The largest absolute Gasteiger partial charge is 0.298 e. The van der Waals surface area contributed by atoms with Gasteiger partial charge in [0.25, 0.3) is 17.7 Å². The molecule has 0 aromatic carbocycles. The van der Waals surface area contributed by atoms with Gasteiger partial charge in [-0.05, 0) is 18.8 Å². The van der Waals surface area contributed by atoms with E-state index in [0.29, 0.717) is 12.7 Å². The van der Waals surface area contributed by atoms with Gasteiger partial charge in [0.1, 0.15) is 4.75 Å². The van der Waals surface area contributed by atoms with Crippen LogP contribution in [0.4, 0.5) is 0 Å². The second kappa shape index (κ2) is 2.38. The summed E-state index contributed by atoms with van der Waals surface area (Å²) in [5.74, 6) is -0.678. The van der Waals surface area contributed by atoms with E-state index >= 15 is 0 Å². The van der Waals surface area contributed by atoms with Crippen molar-refractivity contribution in [3.05, 3.63) is 0 Å².